The molecule has 82 valence electrons. The van der Waals surface area contributed by atoms with Gasteiger partial charge in [0.05, 0.1) is 0 Å². The molecule has 1 heterocycles. The number of aromatic nitrogens is 1. The summed E-state index contributed by atoms with van der Waals surface area (Å²) in [4.78, 5) is 17.2. The summed E-state index contributed by atoms with van der Waals surface area (Å²) in [6.45, 7) is 2.07. The largest absolute Gasteiger partial charge is 0.374 e. The molecule has 0 aromatic carbocycles. The minimum Gasteiger partial charge on any atom is -0.374 e. The summed E-state index contributed by atoms with van der Waals surface area (Å²) in [7, 11) is 1.69. The molecule has 0 saturated carbocycles. The van der Waals surface area contributed by atoms with Crippen molar-refractivity contribution in [1.29, 1.82) is 0 Å². The summed E-state index contributed by atoms with van der Waals surface area (Å²) in [5.74, 6) is 0.199. The third-order valence-corrected chi connectivity index (χ3v) is 3.92. The van der Waals surface area contributed by atoms with Crippen LogP contribution < -0.4 is 0 Å². The number of carbonyl (C=O) groups is 1. The zero-order valence-electron chi connectivity index (χ0n) is 9.08. The summed E-state index contributed by atoms with van der Waals surface area (Å²) in [5, 5.41) is 0.959. The fourth-order valence-corrected chi connectivity index (χ4v) is 3.15. The molecule has 0 amide bonds. The number of thiazole rings is 1. The van der Waals surface area contributed by atoms with Gasteiger partial charge in [0.2, 0.25) is 0 Å². The number of methoxy groups -OCH3 is 1. The second-order valence-electron chi connectivity index (χ2n) is 3.73. The van der Waals surface area contributed by atoms with E-state index in [-0.39, 0.29) is 11.9 Å². The molecule has 0 radical (unpaired) electrons. The smallest absolute Gasteiger partial charge is 0.182 e. The van der Waals surface area contributed by atoms with E-state index in [1.165, 1.54) is 0 Å². The molecule has 1 unspecified atom stereocenters. The molecular weight excluding hydrogens is 210 g/mol. The monoisotopic (exact) mass is 225 g/mol. The molecule has 0 aliphatic heterocycles. The molecule has 0 fully saturated rings. The minimum atomic E-state index is 0.0494. The third-order valence-electron chi connectivity index (χ3n) is 2.72. The Morgan fingerprint density at radius 3 is 2.93 bits per heavy atom. The van der Waals surface area contributed by atoms with Crippen LogP contribution in [0.15, 0.2) is 0 Å². The van der Waals surface area contributed by atoms with Gasteiger partial charge in [-0.3, -0.25) is 4.79 Å². The van der Waals surface area contributed by atoms with Crippen LogP contribution in [-0.2, 0) is 11.2 Å². The van der Waals surface area contributed by atoms with Crippen molar-refractivity contribution in [3.8, 4) is 0 Å². The first-order valence-electron chi connectivity index (χ1n) is 5.31. The molecule has 0 N–H and O–H groups in total. The van der Waals surface area contributed by atoms with Crippen molar-refractivity contribution < 1.29 is 9.53 Å². The van der Waals surface area contributed by atoms with Crippen molar-refractivity contribution in [3.63, 3.8) is 0 Å². The summed E-state index contributed by atoms with van der Waals surface area (Å²) >= 11 is 1.64. The molecule has 2 rings (SSSR count). The van der Waals surface area contributed by atoms with E-state index in [0.717, 1.165) is 29.1 Å². The second-order valence-corrected chi connectivity index (χ2v) is 4.85. The lowest BCUT2D eigenvalue weighted by atomic mass is 10.0. The van der Waals surface area contributed by atoms with Gasteiger partial charge in [-0.25, -0.2) is 4.98 Å². The Labute approximate surface area is 93.5 Å². The van der Waals surface area contributed by atoms with Crippen LogP contribution in [0.5, 0.6) is 0 Å². The fourth-order valence-electron chi connectivity index (χ4n) is 1.86. The molecule has 1 aromatic heterocycles. The SMILES string of the molecule is CCC(OC)c1nc2c(s1)CCCC2=O. The number of Topliss-reactive ketones (excluding diaryl/α,β-unsaturated/α-hetero) is 1. The highest BCUT2D eigenvalue weighted by atomic mass is 32.1. The van der Waals surface area contributed by atoms with Crippen molar-refractivity contribution in [2.75, 3.05) is 7.11 Å². The average molecular weight is 225 g/mol. The highest BCUT2D eigenvalue weighted by Gasteiger charge is 2.24. The summed E-state index contributed by atoms with van der Waals surface area (Å²) in [6.07, 6.45) is 3.57. The third kappa shape index (κ3) is 1.96. The standard InChI is InChI=1S/C11H15NO2S/c1-3-8(14-2)11-12-10-7(13)5-4-6-9(10)15-11/h8H,3-6H2,1-2H3. The maximum absolute atomic E-state index is 11.6. The van der Waals surface area contributed by atoms with Gasteiger partial charge in [-0.1, -0.05) is 6.92 Å². The molecule has 0 spiro atoms. The van der Waals surface area contributed by atoms with E-state index >= 15 is 0 Å². The molecule has 1 aromatic rings. The van der Waals surface area contributed by atoms with E-state index in [0.29, 0.717) is 12.1 Å². The average Bonchev–Trinajstić information content (AvgIpc) is 2.65. The topological polar surface area (TPSA) is 39.2 Å². The number of fused-ring (bicyclic) bond motifs is 1. The Balaban J connectivity index is 2.32. The lowest BCUT2D eigenvalue weighted by molar-refractivity contribution is 0.0954. The van der Waals surface area contributed by atoms with Gasteiger partial charge in [-0.2, -0.15) is 0 Å². The van der Waals surface area contributed by atoms with Crippen LogP contribution in [0.25, 0.3) is 0 Å². The number of carbonyl (C=O) groups excluding carboxylic acids is 1. The molecule has 1 aliphatic carbocycles. The van der Waals surface area contributed by atoms with Gasteiger partial charge in [0.15, 0.2) is 5.78 Å². The molecule has 3 nitrogen and oxygen atoms in total. The van der Waals surface area contributed by atoms with Crippen LogP contribution >= 0.6 is 11.3 Å². The van der Waals surface area contributed by atoms with E-state index < -0.39 is 0 Å². The van der Waals surface area contributed by atoms with Crippen molar-refractivity contribution in [2.45, 2.75) is 38.7 Å². The molecule has 15 heavy (non-hydrogen) atoms. The first-order valence-corrected chi connectivity index (χ1v) is 6.13. The van der Waals surface area contributed by atoms with Gasteiger partial charge >= 0.3 is 0 Å². The summed E-state index contributed by atoms with van der Waals surface area (Å²) in [6, 6.07) is 0. The van der Waals surface area contributed by atoms with Gasteiger partial charge in [0.1, 0.15) is 16.8 Å². The molecule has 1 aliphatic rings. The van der Waals surface area contributed by atoms with E-state index in [1.54, 1.807) is 18.4 Å². The van der Waals surface area contributed by atoms with E-state index in [1.807, 2.05) is 0 Å². The highest BCUT2D eigenvalue weighted by molar-refractivity contribution is 7.12. The maximum Gasteiger partial charge on any atom is 0.182 e. The minimum absolute atomic E-state index is 0.0494. The first kappa shape index (κ1) is 10.8. The predicted octanol–water partition coefficient (Wildman–Crippen LogP) is 2.76. The number of hydrogen-bond acceptors (Lipinski definition) is 4. The van der Waals surface area contributed by atoms with Crippen molar-refractivity contribution in [1.82, 2.24) is 4.98 Å². The fraction of sp³-hybridized carbons (Fsp3) is 0.636. The number of rotatable bonds is 3. The molecule has 0 bridgehead atoms. The Bertz CT molecular complexity index is 369. The van der Waals surface area contributed by atoms with Crippen molar-refractivity contribution >= 4 is 17.1 Å². The Hall–Kier alpha value is -0.740. The van der Waals surface area contributed by atoms with E-state index in [4.69, 9.17) is 4.74 Å². The van der Waals surface area contributed by atoms with Crippen molar-refractivity contribution in [2.24, 2.45) is 0 Å². The highest BCUT2D eigenvalue weighted by Crippen LogP contribution is 2.31. The van der Waals surface area contributed by atoms with Gasteiger partial charge in [0.25, 0.3) is 0 Å². The number of nitrogens with zero attached hydrogens (tertiary/aromatic N) is 1. The lowest BCUT2D eigenvalue weighted by Crippen LogP contribution is -2.09. The van der Waals surface area contributed by atoms with Crippen LogP contribution in [-0.4, -0.2) is 17.9 Å². The summed E-state index contributed by atoms with van der Waals surface area (Å²) in [5.41, 5.74) is 0.705. The van der Waals surface area contributed by atoms with Crippen LogP contribution in [0.3, 0.4) is 0 Å². The predicted molar refractivity (Wildman–Crippen MR) is 59.4 cm³/mol. The van der Waals surface area contributed by atoms with E-state index in [9.17, 15) is 4.79 Å². The van der Waals surface area contributed by atoms with Crippen LogP contribution in [0.4, 0.5) is 0 Å². The van der Waals surface area contributed by atoms with Gasteiger partial charge in [-0.05, 0) is 19.3 Å². The molecule has 0 saturated heterocycles. The van der Waals surface area contributed by atoms with Gasteiger partial charge in [-0.15, -0.1) is 11.3 Å². The number of ether oxygens (including phenoxy) is 1. The Morgan fingerprint density at radius 2 is 2.33 bits per heavy atom. The van der Waals surface area contributed by atoms with E-state index in [2.05, 4.69) is 11.9 Å². The van der Waals surface area contributed by atoms with Crippen LogP contribution in [0.2, 0.25) is 0 Å². The first-order chi connectivity index (χ1) is 7.26. The Kier molecular flexibility index (Phi) is 3.17. The van der Waals surface area contributed by atoms with Crippen LogP contribution in [0.1, 0.15) is 52.7 Å². The number of aryl methyl sites for hydroxylation is 1. The number of hydrogen-bond donors (Lipinski definition) is 0. The quantitative estimate of drug-likeness (QED) is 0.794. The van der Waals surface area contributed by atoms with Crippen LogP contribution in [0, 0.1) is 0 Å². The lowest BCUT2D eigenvalue weighted by Gasteiger charge is -2.08. The second kappa shape index (κ2) is 4.41. The van der Waals surface area contributed by atoms with Gasteiger partial charge < -0.3 is 4.74 Å². The molecule has 1 atom stereocenters. The maximum atomic E-state index is 11.6. The zero-order chi connectivity index (χ0) is 10.8. The van der Waals surface area contributed by atoms with Crippen molar-refractivity contribution in [3.05, 3.63) is 15.6 Å². The normalized spacial score (nSPS) is 17.6. The zero-order valence-corrected chi connectivity index (χ0v) is 9.89. The number of ketones is 1. The molecular formula is C11H15NO2S. The Morgan fingerprint density at radius 1 is 1.53 bits per heavy atom. The molecule has 4 heteroatoms. The van der Waals surface area contributed by atoms with Gasteiger partial charge in [0, 0.05) is 18.4 Å². The summed E-state index contributed by atoms with van der Waals surface area (Å²) < 4.78 is 5.34.